The van der Waals surface area contributed by atoms with Crippen LogP contribution in [-0.2, 0) is 0 Å². The molecule has 128 valence electrons. The topological polar surface area (TPSA) is 92.8 Å². The van der Waals surface area contributed by atoms with E-state index in [1.165, 1.54) is 0 Å². The third-order valence-corrected chi connectivity index (χ3v) is 3.95. The van der Waals surface area contributed by atoms with Gasteiger partial charge in [0.2, 0.25) is 0 Å². The molecule has 0 aliphatic rings. The molecule has 4 aromatic rings. The van der Waals surface area contributed by atoms with Gasteiger partial charge in [0.15, 0.2) is 0 Å². The number of H-pyrrole nitrogens is 1. The van der Waals surface area contributed by atoms with Crippen LogP contribution in [0.1, 0.15) is 0 Å². The molecule has 0 radical (unpaired) electrons. The third-order valence-electron chi connectivity index (χ3n) is 3.95. The third kappa shape index (κ3) is 2.86. The molecule has 26 heavy (non-hydrogen) atoms. The Balaban J connectivity index is 1.89. The lowest BCUT2D eigenvalue weighted by Crippen LogP contribution is -2.08. The predicted octanol–water partition coefficient (Wildman–Crippen LogP) is 3.13. The van der Waals surface area contributed by atoms with Crippen molar-refractivity contribution >= 4 is 22.4 Å². The maximum Gasteiger partial charge on any atom is 0.257 e. The fraction of sp³-hybridized carbons (Fsp3) is 0.0526. The van der Waals surface area contributed by atoms with Crippen molar-refractivity contribution in [3.8, 4) is 17.0 Å². The Morgan fingerprint density at radius 2 is 1.88 bits per heavy atom. The largest absolute Gasteiger partial charge is 0.494 e. The lowest BCUT2D eigenvalue weighted by Gasteiger charge is -2.11. The van der Waals surface area contributed by atoms with Gasteiger partial charge in [-0.05, 0) is 30.3 Å². The summed E-state index contributed by atoms with van der Waals surface area (Å²) in [6, 6.07) is 11.0. The summed E-state index contributed by atoms with van der Waals surface area (Å²) in [4.78, 5) is 27.9. The van der Waals surface area contributed by atoms with E-state index >= 15 is 0 Å². The number of pyridine rings is 4. The number of nitrogens with zero attached hydrogens (tertiary/aromatic N) is 3. The van der Waals surface area contributed by atoms with Crippen LogP contribution in [0, 0.1) is 0 Å². The van der Waals surface area contributed by atoms with Crippen LogP contribution in [0.3, 0.4) is 0 Å². The normalized spacial score (nSPS) is 10.7. The minimum atomic E-state index is -0.212. The second-order valence-electron chi connectivity index (χ2n) is 5.54. The molecule has 2 N–H and O–H groups in total. The summed E-state index contributed by atoms with van der Waals surface area (Å²) in [5, 5.41) is 4.33. The number of methoxy groups -OCH3 is 1. The number of nitrogens with one attached hydrogen (secondary N) is 2. The van der Waals surface area contributed by atoms with Gasteiger partial charge < -0.3 is 15.0 Å². The first kappa shape index (κ1) is 15.8. The van der Waals surface area contributed by atoms with E-state index in [-0.39, 0.29) is 5.56 Å². The first-order valence-corrected chi connectivity index (χ1v) is 7.95. The highest BCUT2D eigenvalue weighted by Crippen LogP contribution is 2.32. The Bertz CT molecular complexity index is 1130. The number of fused-ring (bicyclic) bond motifs is 1. The molecule has 0 aromatic carbocycles. The zero-order chi connectivity index (χ0) is 17.9. The second kappa shape index (κ2) is 6.64. The van der Waals surface area contributed by atoms with Crippen molar-refractivity contribution in [2.75, 3.05) is 12.4 Å². The Kier molecular flexibility index (Phi) is 4.03. The highest BCUT2D eigenvalue weighted by molar-refractivity contribution is 5.97. The van der Waals surface area contributed by atoms with Gasteiger partial charge in [0.1, 0.15) is 23.1 Å². The summed E-state index contributed by atoms with van der Waals surface area (Å²) in [7, 11) is 1.59. The highest BCUT2D eigenvalue weighted by Gasteiger charge is 2.13. The van der Waals surface area contributed by atoms with Gasteiger partial charge in [-0.2, -0.15) is 0 Å². The maximum atomic E-state index is 12.2. The van der Waals surface area contributed by atoms with Crippen LogP contribution >= 0.6 is 0 Å². The van der Waals surface area contributed by atoms with Crippen molar-refractivity contribution in [1.82, 2.24) is 19.9 Å². The Morgan fingerprint density at radius 1 is 1.00 bits per heavy atom. The average molecular weight is 345 g/mol. The zero-order valence-corrected chi connectivity index (χ0v) is 13.9. The molecule has 0 saturated carbocycles. The number of hydrogen-bond acceptors (Lipinski definition) is 6. The quantitative estimate of drug-likeness (QED) is 0.590. The average Bonchev–Trinajstić information content (AvgIpc) is 2.69. The van der Waals surface area contributed by atoms with Gasteiger partial charge in [-0.1, -0.05) is 6.07 Å². The van der Waals surface area contributed by atoms with Crippen LogP contribution in [0.4, 0.5) is 11.6 Å². The molecule has 4 heterocycles. The molecule has 0 aliphatic heterocycles. The second-order valence-corrected chi connectivity index (χ2v) is 5.54. The zero-order valence-electron chi connectivity index (χ0n) is 13.9. The van der Waals surface area contributed by atoms with E-state index in [1.807, 2.05) is 30.3 Å². The van der Waals surface area contributed by atoms with Crippen molar-refractivity contribution in [2.24, 2.45) is 0 Å². The van der Waals surface area contributed by atoms with Crippen LogP contribution in [0.5, 0.6) is 5.75 Å². The van der Waals surface area contributed by atoms with Crippen molar-refractivity contribution in [3.63, 3.8) is 0 Å². The van der Waals surface area contributed by atoms with Crippen molar-refractivity contribution < 1.29 is 4.74 Å². The molecule has 4 aromatic heterocycles. The molecule has 0 atom stereocenters. The van der Waals surface area contributed by atoms with Gasteiger partial charge in [-0.3, -0.25) is 9.78 Å². The molecule has 0 spiro atoms. The Morgan fingerprint density at radius 3 is 2.69 bits per heavy atom. The number of anilines is 2. The molecule has 7 heteroatoms. The van der Waals surface area contributed by atoms with Crippen molar-refractivity contribution in [3.05, 3.63) is 71.5 Å². The molecule has 0 fully saturated rings. The number of hydrogen-bond donors (Lipinski definition) is 2. The summed E-state index contributed by atoms with van der Waals surface area (Å²) in [6.07, 6.45) is 6.56. The van der Waals surface area contributed by atoms with Gasteiger partial charge >= 0.3 is 0 Å². The van der Waals surface area contributed by atoms with E-state index in [1.54, 1.807) is 38.0 Å². The Labute approximate surface area is 148 Å². The first-order valence-electron chi connectivity index (χ1n) is 7.95. The SMILES string of the molecule is COc1cccnc1-c1c[nH]c(=O)c2cnc(Nc3ccccn3)cc12. The number of aromatic nitrogens is 4. The maximum absolute atomic E-state index is 12.2. The van der Waals surface area contributed by atoms with E-state index in [0.717, 1.165) is 10.9 Å². The lowest BCUT2D eigenvalue weighted by atomic mass is 10.1. The van der Waals surface area contributed by atoms with Crippen molar-refractivity contribution in [2.45, 2.75) is 0 Å². The summed E-state index contributed by atoms with van der Waals surface area (Å²) in [5.41, 5.74) is 1.19. The van der Waals surface area contributed by atoms with Crippen LogP contribution in [-0.4, -0.2) is 27.0 Å². The molecule has 7 nitrogen and oxygen atoms in total. The van der Waals surface area contributed by atoms with E-state index in [4.69, 9.17) is 4.74 Å². The van der Waals surface area contributed by atoms with Crippen LogP contribution < -0.4 is 15.6 Å². The molecule has 0 amide bonds. The number of ether oxygens (including phenoxy) is 1. The number of aromatic amines is 1. The van der Waals surface area contributed by atoms with E-state index < -0.39 is 0 Å². The minimum absolute atomic E-state index is 0.212. The molecular formula is C19H15N5O2. The summed E-state index contributed by atoms with van der Waals surface area (Å²) in [5.74, 6) is 1.87. The summed E-state index contributed by atoms with van der Waals surface area (Å²) >= 11 is 0. The standard InChI is InChI=1S/C19H15N5O2/c1-26-15-5-4-8-21-18(15)13-10-23-19(25)14-11-22-17(9-12(13)14)24-16-6-2-3-7-20-16/h2-11H,1H3,(H,23,25)(H,20,22,24). The van der Waals surface area contributed by atoms with Crippen LogP contribution in [0.15, 0.2) is 66.0 Å². The van der Waals surface area contributed by atoms with E-state index in [9.17, 15) is 4.79 Å². The molecular weight excluding hydrogens is 330 g/mol. The minimum Gasteiger partial charge on any atom is -0.494 e. The number of rotatable bonds is 4. The smallest absolute Gasteiger partial charge is 0.257 e. The van der Waals surface area contributed by atoms with E-state index in [2.05, 4.69) is 25.3 Å². The molecule has 0 saturated heterocycles. The predicted molar refractivity (Wildman–Crippen MR) is 99.7 cm³/mol. The highest BCUT2D eigenvalue weighted by atomic mass is 16.5. The summed E-state index contributed by atoms with van der Waals surface area (Å²) < 4.78 is 5.41. The van der Waals surface area contributed by atoms with Crippen molar-refractivity contribution in [1.29, 1.82) is 0 Å². The monoisotopic (exact) mass is 345 g/mol. The van der Waals surface area contributed by atoms with E-state index in [0.29, 0.717) is 28.5 Å². The van der Waals surface area contributed by atoms with Gasteiger partial charge in [-0.15, -0.1) is 0 Å². The molecule has 0 unspecified atom stereocenters. The first-order chi connectivity index (χ1) is 12.8. The van der Waals surface area contributed by atoms with Crippen LogP contribution in [0.2, 0.25) is 0 Å². The molecule has 0 bridgehead atoms. The fourth-order valence-corrected chi connectivity index (χ4v) is 2.74. The van der Waals surface area contributed by atoms with Gasteiger partial charge in [0.25, 0.3) is 5.56 Å². The molecule has 0 aliphatic carbocycles. The summed E-state index contributed by atoms with van der Waals surface area (Å²) in [6.45, 7) is 0. The van der Waals surface area contributed by atoms with Gasteiger partial charge in [0, 0.05) is 35.7 Å². The Hall–Kier alpha value is -3.74. The fourth-order valence-electron chi connectivity index (χ4n) is 2.74. The molecule has 4 rings (SSSR count). The van der Waals surface area contributed by atoms with Gasteiger partial charge in [0.05, 0.1) is 12.5 Å². The van der Waals surface area contributed by atoms with Gasteiger partial charge in [-0.25, -0.2) is 9.97 Å². The lowest BCUT2D eigenvalue weighted by molar-refractivity contribution is 0.415. The van der Waals surface area contributed by atoms with Crippen LogP contribution in [0.25, 0.3) is 22.0 Å².